The number of likely N-dealkylation sites (tertiary alicyclic amines) is 1. The van der Waals surface area contributed by atoms with Gasteiger partial charge in [0.1, 0.15) is 19.1 Å². The molecule has 0 aliphatic carbocycles. The lowest BCUT2D eigenvalue weighted by Crippen LogP contribution is -3.16. The van der Waals surface area contributed by atoms with Crippen molar-refractivity contribution in [2.24, 2.45) is 0 Å². The van der Waals surface area contributed by atoms with E-state index in [4.69, 9.17) is 4.42 Å². The van der Waals surface area contributed by atoms with Gasteiger partial charge in [0.15, 0.2) is 5.76 Å². The molecule has 1 aromatic heterocycles. The van der Waals surface area contributed by atoms with Crippen LogP contribution in [0.3, 0.4) is 0 Å². The second-order valence-electron chi connectivity index (χ2n) is 4.41. The molecule has 0 aromatic carbocycles. The van der Waals surface area contributed by atoms with Crippen LogP contribution in [0.1, 0.15) is 25.5 Å². The Hall–Kier alpha value is -0.800. The normalized spacial score (nSPS) is 25.9. The number of nitrogens with two attached hydrogens (primary N) is 1. The molecule has 1 aromatic rings. The van der Waals surface area contributed by atoms with Crippen LogP contribution < -0.4 is 10.2 Å². The maximum absolute atomic E-state index is 5.31. The van der Waals surface area contributed by atoms with Crippen LogP contribution in [0.25, 0.3) is 0 Å². The number of furan rings is 1. The van der Waals surface area contributed by atoms with Crippen molar-refractivity contribution in [1.29, 1.82) is 0 Å². The van der Waals surface area contributed by atoms with Gasteiger partial charge in [0.25, 0.3) is 0 Å². The zero-order valence-corrected chi connectivity index (χ0v) is 9.54. The average molecular weight is 210 g/mol. The summed E-state index contributed by atoms with van der Waals surface area (Å²) in [6.07, 6.45) is 4.56. The molecule has 1 saturated heterocycles. The Morgan fingerprint density at radius 3 is 3.27 bits per heavy atom. The summed E-state index contributed by atoms with van der Waals surface area (Å²) in [5.41, 5.74) is 0. The first kappa shape index (κ1) is 10.7. The molecule has 0 radical (unpaired) electrons. The number of nitrogens with one attached hydrogen (secondary N) is 1. The molecule has 15 heavy (non-hydrogen) atoms. The van der Waals surface area contributed by atoms with E-state index in [9.17, 15) is 0 Å². The maximum atomic E-state index is 5.31. The molecule has 2 heterocycles. The zero-order valence-electron chi connectivity index (χ0n) is 9.54. The predicted molar refractivity (Wildman–Crippen MR) is 58.6 cm³/mol. The molecule has 3 nitrogen and oxygen atoms in total. The molecule has 3 heteroatoms. The van der Waals surface area contributed by atoms with Crippen molar-refractivity contribution in [3.05, 3.63) is 24.2 Å². The molecule has 1 fully saturated rings. The highest BCUT2D eigenvalue weighted by molar-refractivity contribution is 4.95. The van der Waals surface area contributed by atoms with Crippen LogP contribution >= 0.6 is 0 Å². The third kappa shape index (κ3) is 2.83. The first-order chi connectivity index (χ1) is 7.40. The summed E-state index contributed by atoms with van der Waals surface area (Å²) < 4.78 is 5.31. The van der Waals surface area contributed by atoms with E-state index in [1.807, 2.05) is 6.07 Å². The minimum atomic E-state index is 0.866. The molecular weight excluding hydrogens is 188 g/mol. The maximum Gasteiger partial charge on any atom is 0.157 e. The Morgan fingerprint density at radius 1 is 1.60 bits per heavy atom. The van der Waals surface area contributed by atoms with Crippen LogP contribution in [0.5, 0.6) is 0 Å². The molecule has 0 saturated carbocycles. The molecular formula is C12H22N2O+2. The molecule has 1 aliphatic rings. The summed E-state index contributed by atoms with van der Waals surface area (Å²) in [5, 5.41) is 2.38. The van der Waals surface area contributed by atoms with E-state index in [1.165, 1.54) is 32.5 Å². The van der Waals surface area contributed by atoms with Gasteiger partial charge in [0.2, 0.25) is 0 Å². The highest BCUT2D eigenvalue weighted by atomic mass is 16.3. The molecule has 3 N–H and O–H groups in total. The summed E-state index contributed by atoms with van der Waals surface area (Å²) in [4.78, 5) is 1.78. The summed E-state index contributed by atoms with van der Waals surface area (Å²) in [6, 6.07) is 4.88. The van der Waals surface area contributed by atoms with E-state index in [1.54, 1.807) is 11.2 Å². The second-order valence-corrected chi connectivity index (χ2v) is 4.41. The second kappa shape index (κ2) is 5.33. The van der Waals surface area contributed by atoms with Crippen molar-refractivity contribution >= 4 is 0 Å². The summed E-state index contributed by atoms with van der Waals surface area (Å²) in [5.74, 6) is 1.09. The van der Waals surface area contributed by atoms with Gasteiger partial charge >= 0.3 is 0 Å². The first-order valence-electron chi connectivity index (χ1n) is 6.08. The van der Waals surface area contributed by atoms with Crippen LogP contribution in [-0.4, -0.2) is 25.7 Å². The molecule has 0 spiro atoms. The minimum absolute atomic E-state index is 0.866. The Bertz CT molecular complexity index is 271. The standard InChI is InChI=1S/C12H20N2O/c1-2-14-7-3-5-11(14)9-13-10-12-6-4-8-15-12/h4,6,8,11,13H,2-3,5,7,9-10H2,1H3/p+2/t11-/m0/s1. The number of rotatable bonds is 5. The lowest BCUT2D eigenvalue weighted by Gasteiger charge is -2.17. The molecule has 2 rings (SSSR count). The van der Waals surface area contributed by atoms with Crippen molar-refractivity contribution in [3.8, 4) is 0 Å². The Morgan fingerprint density at radius 2 is 2.53 bits per heavy atom. The van der Waals surface area contributed by atoms with Crippen LogP contribution in [0.15, 0.2) is 22.8 Å². The third-order valence-corrected chi connectivity index (χ3v) is 3.46. The van der Waals surface area contributed by atoms with Crippen molar-refractivity contribution in [2.75, 3.05) is 19.6 Å². The topological polar surface area (TPSA) is 34.2 Å². The molecule has 0 amide bonds. The van der Waals surface area contributed by atoms with E-state index >= 15 is 0 Å². The van der Waals surface area contributed by atoms with E-state index in [0.717, 1.165) is 18.3 Å². The van der Waals surface area contributed by atoms with Crippen molar-refractivity contribution in [2.45, 2.75) is 32.4 Å². The van der Waals surface area contributed by atoms with Gasteiger partial charge in [-0.1, -0.05) is 0 Å². The van der Waals surface area contributed by atoms with E-state index in [0.29, 0.717) is 0 Å². The van der Waals surface area contributed by atoms with Gasteiger partial charge in [-0.25, -0.2) is 0 Å². The molecule has 1 aliphatic heterocycles. The van der Waals surface area contributed by atoms with Crippen LogP contribution in [0.2, 0.25) is 0 Å². The lowest BCUT2D eigenvalue weighted by atomic mass is 10.2. The molecule has 1 unspecified atom stereocenters. The highest BCUT2D eigenvalue weighted by Gasteiger charge is 2.28. The molecule has 84 valence electrons. The quantitative estimate of drug-likeness (QED) is 0.669. The smallest absolute Gasteiger partial charge is 0.157 e. The monoisotopic (exact) mass is 210 g/mol. The van der Waals surface area contributed by atoms with E-state index in [-0.39, 0.29) is 0 Å². The van der Waals surface area contributed by atoms with Gasteiger partial charge in [-0.2, -0.15) is 0 Å². The van der Waals surface area contributed by atoms with Crippen molar-refractivity contribution in [1.82, 2.24) is 0 Å². The third-order valence-electron chi connectivity index (χ3n) is 3.46. The fourth-order valence-corrected chi connectivity index (χ4v) is 2.59. The fraction of sp³-hybridized carbons (Fsp3) is 0.667. The zero-order chi connectivity index (χ0) is 10.5. The number of quaternary nitrogens is 2. The SMILES string of the molecule is CC[NH+]1CCC[C@H]1C[NH2+]Cc1ccco1. The van der Waals surface area contributed by atoms with Crippen LogP contribution in [-0.2, 0) is 6.54 Å². The Kier molecular flexibility index (Phi) is 3.80. The number of hydrogen-bond acceptors (Lipinski definition) is 1. The number of likely N-dealkylation sites (N-methyl/N-ethyl adjacent to an activating group) is 1. The van der Waals surface area contributed by atoms with Gasteiger partial charge in [0, 0.05) is 12.8 Å². The Labute approximate surface area is 91.4 Å². The Balaban J connectivity index is 1.69. The van der Waals surface area contributed by atoms with Gasteiger partial charge < -0.3 is 14.6 Å². The summed E-state index contributed by atoms with van der Waals surface area (Å²) in [6.45, 7) is 7.17. The molecule has 0 bridgehead atoms. The van der Waals surface area contributed by atoms with E-state index in [2.05, 4.69) is 18.3 Å². The average Bonchev–Trinajstić information content (AvgIpc) is 2.88. The largest absolute Gasteiger partial charge is 0.463 e. The summed E-state index contributed by atoms with van der Waals surface area (Å²) >= 11 is 0. The fourth-order valence-electron chi connectivity index (χ4n) is 2.59. The van der Waals surface area contributed by atoms with Gasteiger partial charge in [0.05, 0.1) is 19.4 Å². The highest BCUT2D eigenvalue weighted by Crippen LogP contribution is 1.98. The molecule has 2 atom stereocenters. The van der Waals surface area contributed by atoms with Gasteiger partial charge in [-0.05, 0) is 19.1 Å². The van der Waals surface area contributed by atoms with E-state index < -0.39 is 0 Å². The number of hydrogen-bond donors (Lipinski definition) is 2. The lowest BCUT2D eigenvalue weighted by molar-refractivity contribution is -0.925. The predicted octanol–water partition coefficient (Wildman–Crippen LogP) is -0.590. The first-order valence-corrected chi connectivity index (χ1v) is 6.08. The van der Waals surface area contributed by atoms with Crippen LogP contribution in [0.4, 0.5) is 0 Å². The van der Waals surface area contributed by atoms with Crippen molar-refractivity contribution < 1.29 is 14.6 Å². The van der Waals surface area contributed by atoms with Crippen LogP contribution in [0, 0.1) is 0 Å². The van der Waals surface area contributed by atoms with Crippen molar-refractivity contribution in [3.63, 3.8) is 0 Å². The summed E-state index contributed by atoms with van der Waals surface area (Å²) in [7, 11) is 0. The minimum Gasteiger partial charge on any atom is -0.463 e. The van der Waals surface area contributed by atoms with Gasteiger partial charge in [-0.3, -0.25) is 0 Å². The van der Waals surface area contributed by atoms with Gasteiger partial charge in [-0.15, -0.1) is 0 Å².